The molecule has 2 aromatic rings. The number of nitrogens with zero attached hydrogens (tertiary/aromatic N) is 2. The zero-order valence-electron chi connectivity index (χ0n) is 17.6. The first-order valence-electron chi connectivity index (χ1n) is 9.83. The zero-order chi connectivity index (χ0) is 21.3. The molecule has 1 N–H and O–H groups in total. The molecule has 152 valence electrons. The van der Waals surface area contributed by atoms with Crippen LogP contribution in [-0.2, 0) is 9.59 Å². The van der Waals surface area contributed by atoms with Gasteiger partial charge in [0, 0.05) is 31.9 Å². The van der Waals surface area contributed by atoms with E-state index in [1.165, 1.54) is 0 Å². The Kier molecular flexibility index (Phi) is 5.78. The van der Waals surface area contributed by atoms with E-state index in [0.29, 0.717) is 12.1 Å². The van der Waals surface area contributed by atoms with Crippen LogP contribution in [0.3, 0.4) is 0 Å². The van der Waals surface area contributed by atoms with E-state index in [1.54, 1.807) is 17.0 Å². The summed E-state index contributed by atoms with van der Waals surface area (Å²) in [5, 5.41) is 11.0. The van der Waals surface area contributed by atoms with Crippen LogP contribution in [0.4, 0.5) is 5.69 Å². The average molecular weight is 392 g/mol. The van der Waals surface area contributed by atoms with Crippen LogP contribution in [0.5, 0.6) is 0 Å². The van der Waals surface area contributed by atoms with Gasteiger partial charge in [-0.2, -0.15) is 0 Å². The number of hydrogen-bond acceptors (Lipinski definition) is 4. The molecule has 3 rings (SSSR count). The zero-order valence-corrected chi connectivity index (χ0v) is 17.6. The molecule has 1 unspecified atom stereocenters. The summed E-state index contributed by atoms with van der Waals surface area (Å²) >= 11 is 0. The molecule has 29 heavy (non-hydrogen) atoms. The van der Waals surface area contributed by atoms with E-state index in [9.17, 15) is 14.7 Å². The normalized spacial score (nSPS) is 18.6. The highest BCUT2D eigenvalue weighted by atomic mass is 16.3. The van der Waals surface area contributed by atoms with Crippen molar-refractivity contribution >= 4 is 23.1 Å². The number of likely N-dealkylation sites (tertiary alicyclic amines) is 1. The molecule has 1 atom stereocenters. The second-order valence-corrected chi connectivity index (χ2v) is 8.20. The van der Waals surface area contributed by atoms with Crippen molar-refractivity contribution in [3.8, 4) is 0 Å². The molecule has 1 saturated heterocycles. The maximum absolute atomic E-state index is 12.9. The minimum Gasteiger partial charge on any atom is -0.507 e. The molecule has 2 aromatic carbocycles. The lowest BCUT2D eigenvalue weighted by molar-refractivity contribution is -0.140. The molecule has 1 fully saturated rings. The molecule has 0 aromatic heterocycles. The van der Waals surface area contributed by atoms with Crippen LogP contribution in [0.25, 0.3) is 5.76 Å². The van der Waals surface area contributed by atoms with Crippen molar-refractivity contribution in [2.45, 2.75) is 26.8 Å². The van der Waals surface area contributed by atoms with Gasteiger partial charge in [-0.25, -0.2) is 0 Å². The van der Waals surface area contributed by atoms with Crippen molar-refractivity contribution in [2.75, 3.05) is 25.5 Å². The van der Waals surface area contributed by atoms with Crippen molar-refractivity contribution in [1.82, 2.24) is 4.90 Å². The molecular weight excluding hydrogens is 364 g/mol. The predicted molar refractivity (Wildman–Crippen MR) is 116 cm³/mol. The first-order chi connectivity index (χ1) is 13.7. The van der Waals surface area contributed by atoms with Gasteiger partial charge in [-0.1, -0.05) is 55.8 Å². The highest BCUT2D eigenvalue weighted by Crippen LogP contribution is 2.40. The molecule has 1 heterocycles. The van der Waals surface area contributed by atoms with Gasteiger partial charge in [-0.3, -0.25) is 9.59 Å². The number of aliphatic hydroxyl groups excluding tert-OH is 1. The third kappa shape index (κ3) is 4.04. The van der Waals surface area contributed by atoms with Crippen molar-refractivity contribution in [3.05, 3.63) is 70.8 Å². The van der Waals surface area contributed by atoms with Crippen molar-refractivity contribution in [2.24, 2.45) is 5.92 Å². The van der Waals surface area contributed by atoms with Crippen LogP contribution in [0, 0.1) is 12.8 Å². The molecule has 0 aliphatic carbocycles. The van der Waals surface area contributed by atoms with Crippen LogP contribution in [0.1, 0.15) is 36.6 Å². The van der Waals surface area contributed by atoms with Gasteiger partial charge in [-0.15, -0.1) is 0 Å². The molecule has 1 aliphatic rings. The second-order valence-electron chi connectivity index (χ2n) is 8.20. The summed E-state index contributed by atoms with van der Waals surface area (Å²) in [6.45, 7) is 6.41. The van der Waals surface area contributed by atoms with Gasteiger partial charge >= 0.3 is 0 Å². The Balaban J connectivity index is 2.15. The molecule has 5 nitrogen and oxygen atoms in total. The number of Topliss-reactive ketones (excluding diaryl/α,β-unsaturated/α-hetero) is 1. The Morgan fingerprint density at radius 1 is 1.03 bits per heavy atom. The molecule has 0 bridgehead atoms. The average Bonchev–Trinajstić information content (AvgIpc) is 2.92. The molecular formula is C24H28N2O3. The van der Waals surface area contributed by atoms with Crippen LogP contribution in [-0.4, -0.2) is 42.3 Å². The summed E-state index contributed by atoms with van der Waals surface area (Å²) in [5.74, 6) is -1.13. The van der Waals surface area contributed by atoms with E-state index >= 15 is 0 Å². The summed E-state index contributed by atoms with van der Waals surface area (Å²) < 4.78 is 0. The number of amides is 1. The number of ketones is 1. The summed E-state index contributed by atoms with van der Waals surface area (Å²) in [6, 6.07) is 14.4. The highest BCUT2D eigenvalue weighted by molar-refractivity contribution is 6.46. The number of hydrogen-bond donors (Lipinski definition) is 1. The van der Waals surface area contributed by atoms with Gasteiger partial charge < -0.3 is 14.9 Å². The molecule has 1 aliphatic heterocycles. The number of anilines is 1. The van der Waals surface area contributed by atoms with E-state index in [1.807, 2.05) is 76.2 Å². The van der Waals surface area contributed by atoms with E-state index in [0.717, 1.165) is 16.8 Å². The number of rotatable bonds is 5. The number of benzene rings is 2. The van der Waals surface area contributed by atoms with Gasteiger partial charge in [0.1, 0.15) is 5.76 Å². The summed E-state index contributed by atoms with van der Waals surface area (Å²) in [5.41, 5.74) is 3.57. The number of carbonyl (C=O) groups is 2. The van der Waals surface area contributed by atoms with Crippen molar-refractivity contribution < 1.29 is 14.7 Å². The van der Waals surface area contributed by atoms with Crippen LogP contribution < -0.4 is 4.90 Å². The molecule has 1 amide bonds. The Hall–Kier alpha value is -3.08. The van der Waals surface area contributed by atoms with Crippen LogP contribution in [0.2, 0.25) is 0 Å². The third-order valence-electron chi connectivity index (χ3n) is 5.15. The van der Waals surface area contributed by atoms with Gasteiger partial charge in [0.15, 0.2) is 0 Å². The van der Waals surface area contributed by atoms with Crippen molar-refractivity contribution in [3.63, 3.8) is 0 Å². The fourth-order valence-corrected chi connectivity index (χ4v) is 3.63. The van der Waals surface area contributed by atoms with Crippen LogP contribution >= 0.6 is 0 Å². The Morgan fingerprint density at radius 3 is 2.14 bits per heavy atom. The van der Waals surface area contributed by atoms with Gasteiger partial charge in [0.2, 0.25) is 0 Å². The molecule has 0 radical (unpaired) electrons. The lowest BCUT2D eigenvalue weighted by atomic mass is 9.94. The van der Waals surface area contributed by atoms with Gasteiger partial charge in [0.25, 0.3) is 11.7 Å². The van der Waals surface area contributed by atoms with Gasteiger partial charge in [-0.05, 0) is 30.5 Å². The maximum atomic E-state index is 12.9. The topological polar surface area (TPSA) is 60.9 Å². The summed E-state index contributed by atoms with van der Waals surface area (Å²) in [4.78, 5) is 29.3. The van der Waals surface area contributed by atoms with E-state index in [2.05, 4.69) is 0 Å². The first-order valence-corrected chi connectivity index (χ1v) is 9.83. The summed E-state index contributed by atoms with van der Waals surface area (Å²) in [6.07, 6.45) is 0. The highest BCUT2D eigenvalue weighted by Gasteiger charge is 2.46. The number of aliphatic hydroxyl groups is 1. The number of aryl methyl sites for hydroxylation is 1. The minimum absolute atomic E-state index is 0.128. The van der Waals surface area contributed by atoms with Gasteiger partial charge in [0.05, 0.1) is 11.6 Å². The predicted octanol–water partition coefficient (Wildman–Crippen LogP) is 4.14. The third-order valence-corrected chi connectivity index (χ3v) is 5.15. The van der Waals surface area contributed by atoms with Crippen molar-refractivity contribution in [1.29, 1.82) is 0 Å². The quantitative estimate of drug-likeness (QED) is 0.472. The Labute approximate surface area is 172 Å². The summed E-state index contributed by atoms with van der Waals surface area (Å²) in [7, 11) is 3.91. The lowest BCUT2D eigenvalue weighted by Gasteiger charge is -2.27. The smallest absolute Gasteiger partial charge is 0.295 e. The standard InChI is InChI=1S/C24H28N2O3/c1-15(2)14-26-21(17-10-12-19(13-11-17)25(4)5)20(23(28)24(26)29)22(27)18-8-6-16(3)7-9-18/h6-13,15,21,27H,14H2,1-5H3. The molecule has 5 heteroatoms. The Morgan fingerprint density at radius 2 is 1.62 bits per heavy atom. The minimum atomic E-state index is -0.634. The monoisotopic (exact) mass is 392 g/mol. The largest absolute Gasteiger partial charge is 0.507 e. The maximum Gasteiger partial charge on any atom is 0.295 e. The Bertz CT molecular complexity index is 941. The molecule has 0 saturated carbocycles. The van der Waals surface area contributed by atoms with Crippen LogP contribution in [0.15, 0.2) is 54.1 Å². The van der Waals surface area contributed by atoms with E-state index < -0.39 is 17.7 Å². The SMILES string of the molecule is Cc1ccc(C(O)=C2C(=O)C(=O)N(CC(C)C)C2c2ccc(N(C)C)cc2)cc1. The molecule has 0 spiro atoms. The van der Waals surface area contributed by atoms with E-state index in [4.69, 9.17) is 0 Å². The first kappa shape index (κ1) is 20.6. The number of carbonyl (C=O) groups excluding carboxylic acids is 2. The fraction of sp³-hybridized carbons (Fsp3) is 0.333. The van der Waals surface area contributed by atoms with E-state index in [-0.39, 0.29) is 17.3 Å². The fourth-order valence-electron chi connectivity index (χ4n) is 3.63. The lowest BCUT2D eigenvalue weighted by Crippen LogP contribution is -2.33. The second kappa shape index (κ2) is 8.11.